The maximum atomic E-state index is 2.47. The number of nitrogens with zero attached hydrogens (tertiary/aromatic N) is 2. The van der Waals surface area contributed by atoms with E-state index in [1.54, 1.807) is 0 Å². The van der Waals surface area contributed by atoms with Crippen molar-refractivity contribution in [1.82, 2.24) is 4.57 Å². The largest absolute Gasteiger partial charge is 0.308 e. The molecule has 0 amide bonds. The van der Waals surface area contributed by atoms with Crippen LogP contribution in [0.25, 0.3) is 38.6 Å². The van der Waals surface area contributed by atoms with Gasteiger partial charge in [0.15, 0.2) is 0 Å². The van der Waals surface area contributed by atoms with Crippen LogP contribution in [0.15, 0.2) is 231 Å². The summed E-state index contributed by atoms with van der Waals surface area (Å²) in [4.78, 5) is 2.46. The molecule has 1 heterocycles. The maximum absolute atomic E-state index is 2.47. The summed E-state index contributed by atoms with van der Waals surface area (Å²) < 4.78 is 2.47. The Kier molecular flexibility index (Phi) is 8.42. The Labute approximate surface area is 352 Å². The third kappa shape index (κ3) is 5.41. The van der Waals surface area contributed by atoms with Crippen LogP contribution in [-0.2, 0) is 10.8 Å². The number of rotatable bonds is 8. The molecular formula is C58H44N2. The van der Waals surface area contributed by atoms with Gasteiger partial charge in [0.1, 0.15) is 0 Å². The molecule has 0 atom stereocenters. The van der Waals surface area contributed by atoms with Crippen LogP contribution >= 0.6 is 0 Å². The Hall–Kier alpha value is -7.42. The molecule has 0 fully saturated rings. The molecule has 0 saturated heterocycles. The van der Waals surface area contributed by atoms with Crippen LogP contribution in [0.3, 0.4) is 0 Å². The van der Waals surface area contributed by atoms with Gasteiger partial charge in [-0.15, -0.1) is 0 Å². The molecule has 1 aliphatic carbocycles. The summed E-state index contributed by atoms with van der Waals surface area (Å²) in [5.41, 5.74) is 16.4. The van der Waals surface area contributed by atoms with Crippen LogP contribution in [0.5, 0.6) is 0 Å². The van der Waals surface area contributed by atoms with Crippen molar-refractivity contribution in [3.05, 3.63) is 264 Å². The molecule has 0 unspecified atom stereocenters. The second-order valence-corrected chi connectivity index (χ2v) is 16.5. The van der Waals surface area contributed by atoms with E-state index in [1.165, 1.54) is 60.8 Å². The zero-order chi connectivity index (χ0) is 40.3. The fourth-order valence-electron chi connectivity index (χ4n) is 10.1. The summed E-state index contributed by atoms with van der Waals surface area (Å²) >= 11 is 0. The lowest BCUT2D eigenvalue weighted by atomic mass is 9.67. The van der Waals surface area contributed by atoms with E-state index in [2.05, 4.69) is 254 Å². The first kappa shape index (κ1) is 35.7. The van der Waals surface area contributed by atoms with E-state index in [-0.39, 0.29) is 5.41 Å². The Morgan fingerprint density at radius 1 is 0.417 bits per heavy atom. The molecule has 9 aromatic carbocycles. The highest BCUT2D eigenvalue weighted by molar-refractivity contribution is 6.14. The first-order chi connectivity index (χ1) is 29.5. The van der Waals surface area contributed by atoms with Crippen molar-refractivity contribution >= 4 is 38.9 Å². The van der Waals surface area contributed by atoms with Crippen LogP contribution in [-0.4, -0.2) is 4.57 Å². The normalized spacial score (nSPS) is 13.0. The first-order valence-corrected chi connectivity index (χ1v) is 20.9. The minimum Gasteiger partial charge on any atom is -0.308 e. The molecule has 2 nitrogen and oxygen atoms in total. The predicted molar refractivity (Wildman–Crippen MR) is 251 cm³/mol. The van der Waals surface area contributed by atoms with Gasteiger partial charge in [-0.1, -0.05) is 196 Å². The van der Waals surface area contributed by atoms with E-state index in [4.69, 9.17) is 0 Å². The van der Waals surface area contributed by atoms with Gasteiger partial charge >= 0.3 is 0 Å². The van der Waals surface area contributed by atoms with E-state index >= 15 is 0 Å². The fourth-order valence-corrected chi connectivity index (χ4v) is 10.1. The molecule has 0 radical (unpaired) electrons. The minimum absolute atomic E-state index is 0.141. The number of anilines is 3. The molecule has 286 valence electrons. The summed E-state index contributed by atoms with van der Waals surface area (Å²) in [5, 5.41) is 2.44. The lowest BCUT2D eigenvalue weighted by Gasteiger charge is -2.35. The van der Waals surface area contributed by atoms with Gasteiger partial charge in [0.05, 0.1) is 22.1 Å². The van der Waals surface area contributed by atoms with Gasteiger partial charge in [-0.3, -0.25) is 0 Å². The van der Waals surface area contributed by atoms with Gasteiger partial charge in [0.25, 0.3) is 0 Å². The van der Waals surface area contributed by atoms with Crippen molar-refractivity contribution in [3.8, 4) is 16.8 Å². The van der Waals surface area contributed by atoms with Crippen LogP contribution < -0.4 is 4.90 Å². The summed E-state index contributed by atoms with van der Waals surface area (Å²) in [7, 11) is 0. The summed E-state index contributed by atoms with van der Waals surface area (Å²) in [6.45, 7) is 4.62. The monoisotopic (exact) mass is 768 g/mol. The Bertz CT molecular complexity index is 3110. The van der Waals surface area contributed by atoms with E-state index in [0.717, 1.165) is 28.3 Å². The number of aromatic nitrogens is 1. The van der Waals surface area contributed by atoms with Crippen molar-refractivity contribution in [3.63, 3.8) is 0 Å². The summed E-state index contributed by atoms with van der Waals surface area (Å²) in [6, 6.07) is 84.8. The second kappa shape index (κ2) is 14.1. The first-order valence-electron chi connectivity index (χ1n) is 20.9. The van der Waals surface area contributed by atoms with Crippen molar-refractivity contribution in [2.24, 2.45) is 0 Å². The lowest BCUT2D eigenvalue weighted by Crippen LogP contribution is -2.28. The highest BCUT2D eigenvalue weighted by Gasteiger charge is 2.46. The topological polar surface area (TPSA) is 8.17 Å². The lowest BCUT2D eigenvalue weighted by molar-refractivity contribution is 0.641. The smallest absolute Gasteiger partial charge is 0.0782 e. The van der Waals surface area contributed by atoms with Crippen molar-refractivity contribution in [1.29, 1.82) is 0 Å². The number of hydrogen-bond acceptors (Lipinski definition) is 1. The van der Waals surface area contributed by atoms with Crippen molar-refractivity contribution in [2.75, 3.05) is 4.90 Å². The average Bonchev–Trinajstić information content (AvgIpc) is 3.82. The fraction of sp³-hybridized carbons (Fsp3) is 0.0690. The van der Waals surface area contributed by atoms with E-state index < -0.39 is 5.41 Å². The van der Waals surface area contributed by atoms with Gasteiger partial charge in [-0.05, 0) is 93.0 Å². The third-order valence-corrected chi connectivity index (χ3v) is 13.0. The Morgan fingerprint density at radius 2 is 0.933 bits per heavy atom. The minimum atomic E-state index is -0.511. The molecule has 10 aromatic rings. The second-order valence-electron chi connectivity index (χ2n) is 16.5. The molecule has 0 N–H and O–H groups in total. The van der Waals surface area contributed by atoms with Crippen molar-refractivity contribution < 1.29 is 0 Å². The maximum Gasteiger partial charge on any atom is 0.0782 e. The zero-order valence-electron chi connectivity index (χ0n) is 33.8. The molecule has 0 saturated carbocycles. The van der Waals surface area contributed by atoms with Crippen molar-refractivity contribution in [2.45, 2.75) is 24.7 Å². The molecule has 60 heavy (non-hydrogen) atoms. The molecular weight excluding hydrogens is 725 g/mol. The third-order valence-electron chi connectivity index (χ3n) is 13.0. The van der Waals surface area contributed by atoms with Crippen LogP contribution in [0.4, 0.5) is 17.1 Å². The van der Waals surface area contributed by atoms with Gasteiger partial charge in [0, 0.05) is 33.2 Å². The molecule has 11 rings (SSSR count). The van der Waals surface area contributed by atoms with Gasteiger partial charge in [0.2, 0.25) is 0 Å². The van der Waals surface area contributed by atoms with Gasteiger partial charge < -0.3 is 9.47 Å². The van der Waals surface area contributed by atoms with Crippen LogP contribution in [0, 0.1) is 0 Å². The Morgan fingerprint density at radius 3 is 1.63 bits per heavy atom. The summed E-state index contributed by atoms with van der Waals surface area (Å²) in [6.07, 6.45) is 0. The quantitative estimate of drug-likeness (QED) is 0.149. The number of fused-ring (bicyclic) bond motifs is 6. The number of para-hydroxylation sites is 3. The zero-order valence-corrected chi connectivity index (χ0v) is 33.8. The standard InChI is InChI=1S/C58H44N2/c1-57(2,41-20-6-3-7-21-41)42-36-38-46(39-37-42)60-54-34-17-14-30-50(54)51-31-19-35-55(56(51)60)59(45-25-10-5-11-26-45)47-27-18-24-44(40-47)58(43-22-8-4-9-23-43)52-32-15-12-28-48(52)49-29-13-16-33-53(49)58/h3-40H,1-2H3. The predicted octanol–water partition coefficient (Wildman–Crippen LogP) is 14.9. The molecule has 0 bridgehead atoms. The number of hydrogen-bond donors (Lipinski definition) is 0. The van der Waals surface area contributed by atoms with Crippen LogP contribution in [0.2, 0.25) is 0 Å². The van der Waals surface area contributed by atoms with E-state index in [0.29, 0.717) is 0 Å². The van der Waals surface area contributed by atoms with E-state index in [1.807, 2.05) is 0 Å². The SMILES string of the molecule is CC(C)(c1ccccc1)c1ccc(-n2c3ccccc3c3cccc(N(c4ccccc4)c4cccc(C5(c6ccccc6)c6ccccc6-c6ccccc65)c4)c32)cc1. The highest BCUT2D eigenvalue weighted by Crippen LogP contribution is 2.56. The Balaban J connectivity index is 1.15. The summed E-state index contributed by atoms with van der Waals surface area (Å²) in [5.74, 6) is 0. The molecule has 1 aliphatic rings. The van der Waals surface area contributed by atoms with Crippen LogP contribution in [0.1, 0.15) is 47.2 Å². The van der Waals surface area contributed by atoms with Gasteiger partial charge in [-0.25, -0.2) is 0 Å². The molecule has 1 aromatic heterocycles. The average molecular weight is 769 g/mol. The molecule has 0 aliphatic heterocycles. The number of benzene rings is 9. The molecule has 0 spiro atoms. The highest BCUT2D eigenvalue weighted by atomic mass is 15.2. The molecule has 2 heteroatoms. The van der Waals surface area contributed by atoms with E-state index in [9.17, 15) is 0 Å². The van der Waals surface area contributed by atoms with Gasteiger partial charge in [-0.2, -0.15) is 0 Å².